The van der Waals surface area contributed by atoms with Crippen molar-refractivity contribution in [1.82, 2.24) is 0 Å². The van der Waals surface area contributed by atoms with E-state index in [2.05, 4.69) is 0 Å². The number of pyridine rings is 1. The summed E-state index contributed by atoms with van der Waals surface area (Å²) in [6.07, 6.45) is 5.23. The van der Waals surface area contributed by atoms with Crippen LogP contribution in [0.25, 0.3) is 10.8 Å². The number of fused-ring (bicyclic) bond motifs is 1. The molecule has 4 N–H and O–H groups in total. The number of thioether (sulfide) groups is 1. The van der Waals surface area contributed by atoms with Crippen LogP contribution >= 0.6 is 11.8 Å². The first kappa shape index (κ1) is 9.92. The van der Waals surface area contributed by atoms with Gasteiger partial charge >= 0.3 is 0 Å². The molecule has 78 valence electrons. The highest BCUT2D eigenvalue weighted by atomic mass is 32.2. The number of aromatic hydroxyl groups is 2. The molecule has 0 aliphatic heterocycles. The monoisotopic (exact) mass is 223 g/mol. The number of hydrogen-bond donors (Lipinski definition) is 3. The van der Waals surface area contributed by atoms with Crippen LogP contribution in [-0.4, -0.2) is 16.5 Å². The fourth-order valence-corrected chi connectivity index (χ4v) is 2.19. The fourth-order valence-electron chi connectivity index (χ4n) is 1.50. The second-order valence-electron chi connectivity index (χ2n) is 3.17. The van der Waals surface area contributed by atoms with Crippen molar-refractivity contribution in [3.8, 4) is 11.5 Å². The van der Waals surface area contributed by atoms with Gasteiger partial charge < -0.3 is 10.2 Å². The molecule has 0 fully saturated rings. The van der Waals surface area contributed by atoms with Gasteiger partial charge in [0.05, 0.1) is 10.3 Å². The zero-order valence-corrected chi connectivity index (χ0v) is 8.95. The quantitative estimate of drug-likeness (QED) is 0.292. The number of phenols is 2. The van der Waals surface area contributed by atoms with Crippen LogP contribution in [0.5, 0.6) is 11.5 Å². The molecule has 0 atom stereocenters. The Bertz CT molecular complexity index is 528. The molecule has 0 radical (unpaired) electrons. The lowest BCUT2D eigenvalue weighted by molar-refractivity contribution is -0.637. The summed E-state index contributed by atoms with van der Waals surface area (Å²) in [7, 11) is 0. The standard InChI is InChI=1S/C10H10N2O2S/c1-15-10-7-5-12(11)3-2-6(7)4-8(13)9(10)14/h2-5,14H,11H2,1H3/p+1. The predicted molar refractivity (Wildman–Crippen MR) is 59.4 cm³/mol. The first-order chi connectivity index (χ1) is 7.13. The van der Waals surface area contributed by atoms with Crippen molar-refractivity contribution in [3.05, 3.63) is 24.5 Å². The van der Waals surface area contributed by atoms with Crippen LogP contribution in [0.4, 0.5) is 0 Å². The topological polar surface area (TPSA) is 70.4 Å². The number of rotatable bonds is 1. The van der Waals surface area contributed by atoms with Crippen molar-refractivity contribution >= 4 is 22.5 Å². The molecule has 0 saturated heterocycles. The molecule has 0 saturated carbocycles. The summed E-state index contributed by atoms with van der Waals surface area (Å²) in [5, 5.41) is 20.8. The normalized spacial score (nSPS) is 10.7. The van der Waals surface area contributed by atoms with Gasteiger partial charge in [-0.3, -0.25) is 0 Å². The molecule has 2 aromatic rings. The summed E-state index contributed by atoms with van der Waals surface area (Å²) in [6, 6.07) is 3.30. The van der Waals surface area contributed by atoms with Gasteiger partial charge in [-0.1, -0.05) is 4.68 Å². The third-order valence-electron chi connectivity index (χ3n) is 2.21. The maximum absolute atomic E-state index is 9.67. The average molecular weight is 223 g/mol. The lowest BCUT2D eigenvalue weighted by Gasteiger charge is -2.06. The highest BCUT2D eigenvalue weighted by Gasteiger charge is 2.13. The highest BCUT2D eigenvalue weighted by Crippen LogP contribution is 2.40. The minimum absolute atomic E-state index is 0.0961. The molecular weight excluding hydrogens is 212 g/mol. The van der Waals surface area contributed by atoms with Crippen LogP contribution in [-0.2, 0) is 0 Å². The van der Waals surface area contributed by atoms with Gasteiger partial charge in [0.15, 0.2) is 17.7 Å². The van der Waals surface area contributed by atoms with E-state index in [1.165, 1.54) is 22.5 Å². The molecule has 4 nitrogen and oxygen atoms in total. The second-order valence-corrected chi connectivity index (χ2v) is 3.99. The van der Waals surface area contributed by atoms with Gasteiger partial charge in [-0.25, -0.2) is 5.84 Å². The SMILES string of the molecule is CSc1c(O)c(O)cc2cc[n+](N)cc12. The van der Waals surface area contributed by atoms with Crippen molar-refractivity contribution in [2.24, 2.45) is 0 Å². The van der Waals surface area contributed by atoms with Gasteiger partial charge in [-0.05, 0) is 17.7 Å². The number of benzene rings is 1. The number of nitrogens with two attached hydrogens (primary N) is 1. The molecule has 15 heavy (non-hydrogen) atoms. The van der Waals surface area contributed by atoms with Crippen LogP contribution in [0.15, 0.2) is 29.4 Å². The van der Waals surface area contributed by atoms with Crippen LogP contribution in [0.1, 0.15) is 0 Å². The van der Waals surface area contributed by atoms with E-state index in [1.54, 1.807) is 18.5 Å². The molecule has 1 heterocycles. The zero-order chi connectivity index (χ0) is 11.0. The van der Waals surface area contributed by atoms with E-state index in [-0.39, 0.29) is 11.5 Å². The number of hydrogen-bond acceptors (Lipinski definition) is 4. The Morgan fingerprint density at radius 3 is 2.80 bits per heavy atom. The number of nitrogen functional groups attached to an aromatic ring is 1. The van der Waals surface area contributed by atoms with Gasteiger partial charge in [0.2, 0.25) is 6.20 Å². The fraction of sp³-hybridized carbons (Fsp3) is 0.100. The van der Waals surface area contributed by atoms with Crippen molar-refractivity contribution in [2.45, 2.75) is 4.90 Å². The summed E-state index contributed by atoms with van der Waals surface area (Å²) in [4.78, 5) is 0.629. The molecule has 2 rings (SSSR count). The first-order valence-electron chi connectivity index (χ1n) is 4.32. The van der Waals surface area contributed by atoms with Crippen molar-refractivity contribution in [2.75, 3.05) is 12.1 Å². The third-order valence-corrected chi connectivity index (χ3v) is 3.04. The Labute approximate surface area is 90.9 Å². The summed E-state index contributed by atoms with van der Waals surface area (Å²) in [5.41, 5.74) is 0. The van der Waals surface area contributed by atoms with Crippen LogP contribution < -0.4 is 10.5 Å². The van der Waals surface area contributed by atoms with Gasteiger partial charge in [-0.15, -0.1) is 11.8 Å². The van der Waals surface area contributed by atoms with E-state index in [4.69, 9.17) is 5.84 Å². The Morgan fingerprint density at radius 2 is 2.13 bits per heavy atom. The van der Waals surface area contributed by atoms with Gasteiger partial charge in [-0.2, -0.15) is 0 Å². The summed E-state index contributed by atoms with van der Waals surface area (Å²) >= 11 is 1.37. The Balaban J connectivity index is 2.89. The Morgan fingerprint density at radius 1 is 1.40 bits per heavy atom. The van der Waals surface area contributed by atoms with Crippen molar-refractivity contribution in [3.63, 3.8) is 0 Å². The van der Waals surface area contributed by atoms with Gasteiger partial charge in [0.25, 0.3) is 0 Å². The molecule has 1 aromatic heterocycles. The Hall–Kier alpha value is -1.62. The van der Waals surface area contributed by atoms with Crippen molar-refractivity contribution in [1.29, 1.82) is 0 Å². The van der Waals surface area contributed by atoms with Crippen LogP contribution in [0, 0.1) is 0 Å². The average Bonchev–Trinajstić information content (AvgIpc) is 2.21. The minimum atomic E-state index is -0.110. The molecule has 1 aromatic carbocycles. The van der Waals surface area contributed by atoms with Gasteiger partial charge in [0.1, 0.15) is 0 Å². The lowest BCUT2D eigenvalue weighted by atomic mass is 10.1. The van der Waals surface area contributed by atoms with Crippen molar-refractivity contribution < 1.29 is 14.9 Å². The summed E-state index contributed by atoms with van der Waals surface area (Å²) in [5.74, 6) is 5.39. The molecule has 0 spiro atoms. The zero-order valence-electron chi connectivity index (χ0n) is 8.14. The molecular formula is C10H11N2O2S+. The number of nitrogens with zero attached hydrogens (tertiary/aromatic N) is 1. The number of phenolic OH excluding ortho intramolecular Hbond substituents is 2. The highest BCUT2D eigenvalue weighted by molar-refractivity contribution is 7.99. The lowest BCUT2D eigenvalue weighted by Crippen LogP contribution is -2.43. The number of aromatic nitrogens is 1. The van der Waals surface area contributed by atoms with Crippen LogP contribution in [0.3, 0.4) is 0 Å². The molecule has 0 unspecified atom stereocenters. The van der Waals surface area contributed by atoms with E-state index in [0.717, 1.165) is 10.8 Å². The maximum Gasteiger partial charge on any atom is 0.208 e. The van der Waals surface area contributed by atoms with E-state index >= 15 is 0 Å². The second kappa shape index (κ2) is 3.51. The maximum atomic E-state index is 9.67. The molecule has 0 aliphatic carbocycles. The van der Waals surface area contributed by atoms with Gasteiger partial charge in [0, 0.05) is 6.07 Å². The van der Waals surface area contributed by atoms with E-state index in [0.29, 0.717) is 4.90 Å². The molecule has 0 amide bonds. The van der Waals surface area contributed by atoms with E-state index in [9.17, 15) is 10.2 Å². The summed E-state index contributed by atoms with van der Waals surface area (Å²) in [6.45, 7) is 0. The smallest absolute Gasteiger partial charge is 0.208 e. The first-order valence-corrected chi connectivity index (χ1v) is 5.55. The predicted octanol–water partition coefficient (Wildman–Crippen LogP) is 0.974. The third kappa shape index (κ3) is 1.55. The van der Waals surface area contributed by atoms with E-state index in [1.807, 2.05) is 6.26 Å². The molecule has 0 bridgehead atoms. The minimum Gasteiger partial charge on any atom is -0.504 e. The van der Waals surface area contributed by atoms with E-state index < -0.39 is 0 Å². The Kier molecular flexibility index (Phi) is 2.32. The molecule has 5 heteroatoms. The summed E-state index contributed by atoms with van der Waals surface area (Å²) < 4.78 is 1.42. The largest absolute Gasteiger partial charge is 0.504 e. The van der Waals surface area contributed by atoms with Crippen LogP contribution in [0.2, 0.25) is 0 Å². The molecule has 0 aliphatic rings.